The minimum atomic E-state index is -0.0825. The Morgan fingerprint density at radius 1 is 1.04 bits per heavy atom. The van der Waals surface area contributed by atoms with Crippen LogP contribution in [0, 0.1) is 0 Å². The quantitative estimate of drug-likeness (QED) is 0.515. The third-order valence-electron chi connectivity index (χ3n) is 3.56. The molecule has 4 rings (SSSR count). The lowest BCUT2D eigenvalue weighted by Gasteiger charge is -2.10. The summed E-state index contributed by atoms with van der Waals surface area (Å²) in [4.78, 5) is 13.2. The Morgan fingerprint density at radius 3 is 2.58 bits per heavy atom. The monoisotopic (exact) mass is 381 g/mol. The number of para-hydroxylation sites is 1. The summed E-state index contributed by atoms with van der Waals surface area (Å²) in [5, 5.41) is 14.2. The van der Waals surface area contributed by atoms with Crippen molar-refractivity contribution in [2.75, 3.05) is 11.1 Å². The van der Waals surface area contributed by atoms with E-state index in [1.54, 1.807) is 11.3 Å². The van der Waals surface area contributed by atoms with Crippen molar-refractivity contribution in [3.05, 3.63) is 72.4 Å². The fourth-order valence-electron chi connectivity index (χ4n) is 2.43. The number of carbonyl (C=O) groups is 1. The standard InChI is InChI=1S/C18H15N5OS2/c24-16(19-14-7-2-1-3-8-14)13-26-18-21-20-17(15-9-6-12-25-15)23(18)22-10-4-5-11-22/h1-12H,13H2,(H,19,24). The molecule has 1 aromatic carbocycles. The van der Waals surface area contributed by atoms with Gasteiger partial charge in [-0.3, -0.25) is 9.47 Å². The first kappa shape index (κ1) is 16.6. The van der Waals surface area contributed by atoms with Crippen LogP contribution in [0.15, 0.2) is 77.5 Å². The largest absolute Gasteiger partial charge is 0.325 e. The van der Waals surface area contributed by atoms with Crippen LogP contribution in [0.2, 0.25) is 0 Å². The molecule has 0 atom stereocenters. The summed E-state index contributed by atoms with van der Waals surface area (Å²) in [5.74, 6) is 0.918. The molecule has 1 amide bonds. The summed E-state index contributed by atoms with van der Waals surface area (Å²) in [6.45, 7) is 0. The lowest BCUT2D eigenvalue weighted by atomic mass is 10.3. The number of aromatic nitrogens is 4. The van der Waals surface area contributed by atoms with Crippen LogP contribution in [0.4, 0.5) is 5.69 Å². The van der Waals surface area contributed by atoms with Crippen molar-refractivity contribution in [1.82, 2.24) is 19.5 Å². The number of thioether (sulfide) groups is 1. The van der Waals surface area contributed by atoms with Gasteiger partial charge in [0.15, 0.2) is 5.82 Å². The Morgan fingerprint density at radius 2 is 1.85 bits per heavy atom. The first-order chi connectivity index (χ1) is 12.8. The summed E-state index contributed by atoms with van der Waals surface area (Å²) in [6.07, 6.45) is 3.85. The molecule has 0 aliphatic carbocycles. The van der Waals surface area contributed by atoms with Crippen LogP contribution in [-0.2, 0) is 4.79 Å². The molecule has 0 aliphatic rings. The van der Waals surface area contributed by atoms with Crippen LogP contribution in [0.3, 0.4) is 0 Å². The molecule has 0 radical (unpaired) electrons. The number of amides is 1. The first-order valence-corrected chi connectivity index (χ1v) is 9.78. The fourth-order valence-corrected chi connectivity index (χ4v) is 3.86. The summed E-state index contributed by atoms with van der Waals surface area (Å²) >= 11 is 2.95. The highest BCUT2D eigenvalue weighted by atomic mass is 32.2. The van der Waals surface area contributed by atoms with Crippen molar-refractivity contribution >= 4 is 34.7 Å². The van der Waals surface area contributed by atoms with Gasteiger partial charge < -0.3 is 5.32 Å². The molecule has 0 saturated heterocycles. The molecule has 6 nitrogen and oxygen atoms in total. The maximum absolute atomic E-state index is 12.2. The molecular formula is C18H15N5OS2. The second kappa shape index (κ2) is 7.59. The third-order valence-corrected chi connectivity index (χ3v) is 5.35. The molecule has 3 heterocycles. The zero-order valence-corrected chi connectivity index (χ0v) is 15.3. The average Bonchev–Trinajstić information content (AvgIpc) is 3.40. The molecule has 0 bridgehead atoms. The number of nitrogens with zero attached hydrogens (tertiary/aromatic N) is 4. The SMILES string of the molecule is O=C(CSc1nnc(-c2cccs2)n1-n1cccc1)Nc1ccccc1. The van der Waals surface area contributed by atoms with E-state index >= 15 is 0 Å². The second-order valence-corrected chi connectivity index (χ2v) is 7.25. The Kier molecular flexibility index (Phi) is 4.85. The topological polar surface area (TPSA) is 64.7 Å². The van der Waals surface area contributed by atoms with Gasteiger partial charge in [-0.05, 0) is 35.7 Å². The second-order valence-electron chi connectivity index (χ2n) is 5.36. The highest BCUT2D eigenvalue weighted by molar-refractivity contribution is 7.99. The van der Waals surface area contributed by atoms with Gasteiger partial charge in [0.1, 0.15) is 0 Å². The van der Waals surface area contributed by atoms with E-state index < -0.39 is 0 Å². The van der Waals surface area contributed by atoms with Crippen molar-refractivity contribution in [2.24, 2.45) is 0 Å². The van der Waals surface area contributed by atoms with E-state index in [4.69, 9.17) is 0 Å². The number of hydrogen-bond donors (Lipinski definition) is 1. The van der Waals surface area contributed by atoms with Gasteiger partial charge in [-0.2, -0.15) is 0 Å². The molecule has 26 heavy (non-hydrogen) atoms. The van der Waals surface area contributed by atoms with E-state index in [0.29, 0.717) is 5.16 Å². The summed E-state index contributed by atoms with van der Waals surface area (Å²) in [6, 6.07) is 17.3. The molecular weight excluding hydrogens is 366 g/mol. The molecule has 8 heteroatoms. The van der Waals surface area contributed by atoms with E-state index in [1.165, 1.54) is 11.8 Å². The number of nitrogens with one attached hydrogen (secondary N) is 1. The zero-order valence-electron chi connectivity index (χ0n) is 13.6. The highest BCUT2D eigenvalue weighted by Crippen LogP contribution is 2.27. The smallest absolute Gasteiger partial charge is 0.234 e. The normalized spacial score (nSPS) is 10.8. The predicted octanol–water partition coefficient (Wildman–Crippen LogP) is 3.85. The van der Waals surface area contributed by atoms with Gasteiger partial charge in [0, 0.05) is 18.1 Å². The number of anilines is 1. The van der Waals surface area contributed by atoms with Crippen LogP contribution in [0.1, 0.15) is 0 Å². The number of carbonyl (C=O) groups excluding carboxylic acids is 1. The van der Waals surface area contributed by atoms with Gasteiger partial charge >= 0.3 is 0 Å². The molecule has 0 saturated carbocycles. The maximum Gasteiger partial charge on any atom is 0.234 e. The molecule has 3 aromatic heterocycles. The van der Waals surface area contributed by atoms with E-state index in [0.717, 1.165) is 16.4 Å². The summed E-state index contributed by atoms with van der Waals surface area (Å²) in [5.41, 5.74) is 0.782. The summed E-state index contributed by atoms with van der Waals surface area (Å²) < 4.78 is 3.82. The van der Waals surface area contributed by atoms with Gasteiger partial charge in [-0.25, -0.2) is 4.68 Å². The van der Waals surface area contributed by atoms with Gasteiger partial charge in [-0.15, -0.1) is 21.5 Å². The maximum atomic E-state index is 12.2. The number of rotatable bonds is 6. The molecule has 0 aliphatic heterocycles. The van der Waals surface area contributed by atoms with E-state index in [1.807, 2.05) is 81.7 Å². The van der Waals surface area contributed by atoms with Crippen LogP contribution < -0.4 is 5.32 Å². The van der Waals surface area contributed by atoms with Gasteiger partial charge in [0.2, 0.25) is 11.1 Å². The minimum Gasteiger partial charge on any atom is -0.325 e. The first-order valence-electron chi connectivity index (χ1n) is 7.92. The van der Waals surface area contributed by atoms with Crippen molar-refractivity contribution in [2.45, 2.75) is 5.16 Å². The van der Waals surface area contributed by atoms with Crippen LogP contribution in [-0.4, -0.2) is 31.2 Å². The van der Waals surface area contributed by atoms with Crippen LogP contribution in [0.25, 0.3) is 10.7 Å². The molecule has 1 N–H and O–H groups in total. The van der Waals surface area contributed by atoms with Crippen molar-refractivity contribution < 1.29 is 4.79 Å². The fraction of sp³-hybridized carbons (Fsp3) is 0.0556. The highest BCUT2D eigenvalue weighted by Gasteiger charge is 2.17. The van der Waals surface area contributed by atoms with Gasteiger partial charge in [0.05, 0.1) is 10.6 Å². The molecule has 0 fully saturated rings. The third kappa shape index (κ3) is 3.56. The number of benzene rings is 1. The average molecular weight is 381 g/mol. The lowest BCUT2D eigenvalue weighted by Crippen LogP contribution is -2.15. The minimum absolute atomic E-state index is 0.0825. The Bertz CT molecular complexity index is 978. The Hall–Kier alpha value is -2.84. The van der Waals surface area contributed by atoms with Gasteiger partial charge in [-0.1, -0.05) is 36.0 Å². The number of thiophene rings is 1. The molecule has 0 unspecified atom stereocenters. The van der Waals surface area contributed by atoms with E-state index in [9.17, 15) is 4.79 Å². The van der Waals surface area contributed by atoms with Crippen molar-refractivity contribution in [1.29, 1.82) is 0 Å². The predicted molar refractivity (Wildman–Crippen MR) is 104 cm³/mol. The van der Waals surface area contributed by atoms with Crippen LogP contribution in [0.5, 0.6) is 0 Å². The zero-order chi connectivity index (χ0) is 17.8. The molecule has 4 aromatic rings. The number of hydrogen-bond acceptors (Lipinski definition) is 5. The molecule has 0 spiro atoms. The van der Waals surface area contributed by atoms with Crippen LogP contribution >= 0.6 is 23.1 Å². The van der Waals surface area contributed by atoms with Crippen molar-refractivity contribution in [3.8, 4) is 10.7 Å². The van der Waals surface area contributed by atoms with E-state index in [2.05, 4.69) is 15.5 Å². The Labute approximate surface area is 158 Å². The Balaban J connectivity index is 1.54. The molecule has 130 valence electrons. The van der Waals surface area contributed by atoms with E-state index in [-0.39, 0.29) is 11.7 Å². The van der Waals surface area contributed by atoms with Gasteiger partial charge in [0.25, 0.3) is 0 Å². The van der Waals surface area contributed by atoms with Crippen molar-refractivity contribution in [3.63, 3.8) is 0 Å². The lowest BCUT2D eigenvalue weighted by molar-refractivity contribution is -0.113. The summed E-state index contributed by atoms with van der Waals surface area (Å²) in [7, 11) is 0.